The Hall–Kier alpha value is -3.66. The van der Waals surface area contributed by atoms with Crippen LogP contribution in [-0.2, 0) is 14.3 Å². The third-order valence-electron chi connectivity index (χ3n) is 5.91. The fourth-order valence-electron chi connectivity index (χ4n) is 4.31. The largest absolute Gasteiger partial charge is 0.507 e. The summed E-state index contributed by atoms with van der Waals surface area (Å²) in [6.45, 7) is 7.63. The van der Waals surface area contributed by atoms with Gasteiger partial charge in [-0.05, 0) is 52.0 Å². The van der Waals surface area contributed by atoms with Crippen LogP contribution in [0.1, 0.15) is 45.0 Å². The number of anilines is 1. The van der Waals surface area contributed by atoms with Crippen molar-refractivity contribution in [2.75, 3.05) is 25.0 Å². The number of nitrogens with zero attached hydrogens (tertiary/aromatic N) is 2. The van der Waals surface area contributed by atoms with Gasteiger partial charge in [-0.1, -0.05) is 18.2 Å². The second-order valence-corrected chi connectivity index (χ2v) is 9.77. The van der Waals surface area contributed by atoms with E-state index in [0.29, 0.717) is 0 Å². The monoisotopic (exact) mass is 498 g/mol. The van der Waals surface area contributed by atoms with Crippen molar-refractivity contribution in [1.82, 2.24) is 10.2 Å². The SMILES string of the molecule is CCOC(=O)[C@@H]1CN(C(=O)OC(C)(C)C)C[C@H]1NC1N=C(c2cc(F)ccc2O)Nc2ccccc21. The first-order chi connectivity index (χ1) is 17.1. The highest BCUT2D eigenvalue weighted by Crippen LogP contribution is 2.33. The van der Waals surface area contributed by atoms with Crippen LogP contribution in [0.25, 0.3) is 0 Å². The zero-order chi connectivity index (χ0) is 26.0. The van der Waals surface area contributed by atoms with Gasteiger partial charge in [0, 0.05) is 30.4 Å². The summed E-state index contributed by atoms with van der Waals surface area (Å²) in [6, 6.07) is 10.6. The Bertz CT molecular complexity index is 1180. The first-order valence-electron chi connectivity index (χ1n) is 11.9. The lowest BCUT2D eigenvalue weighted by Crippen LogP contribution is -2.43. The minimum atomic E-state index is -0.678. The number of rotatable bonds is 5. The zero-order valence-electron chi connectivity index (χ0n) is 20.7. The Morgan fingerprint density at radius 2 is 1.97 bits per heavy atom. The third-order valence-corrected chi connectivity index (χ3v) is 5.91. The molecule has 0 bridgehead atoms. The van der Waals surface area contributed by atoms with Gasteiger partial charge in [0.15, 0.2) is 0 Å². The quantitative estimate of drug-likeness (QED) is 0.538. The van der Waals surface area contributed by atoms with Crippen molar-refractivity contribution in [2.24, 2.45) is 10.9 Å². The van der Waals surface area contributed by atoms with Crippen molar-refractivity contribution < 1.29 is 28.6 Å². The first-order valence-corrected chi connectivity index (χ1v) is 11.9. The predicted molar refractivity (Wildman–Crippen MR) is 132 cm³/mol. The minimum Gasteiger partial charge on any atom is -0.507 e. The molecule has 1 amide bonds. The van der Waals surface area contributed by atoms with E-state index in [-0.39, 0.29) is 36.8 Å². The van der Waals surface area contributed by atoms with Crippen molar-refractivity contribution >= 4 is 23.6 Å². The van der Waals surface area contributed by atoms with E-state index in [9.17, 15) is 19.1 Å². The van der Waals surface area contributed by atoms with Gasteiger partial charge in [0.25, 0.3) is 0 Å². The summed E-state index contributed by atoms with van der Waals surface area (Å²) in [6.07, 6.45) is -1.15. The lowest BCUT2D eigenvalue weighted by molar-refractivity contribution is -0.148. The summed E-state index contributed by atoms with van der Waals surface area (Å²) in [5.74, 6) is -1.42. The molecule has 0 radical (unpaired) electrons. The number of halogens is 1. The topological polar surface area (TPSA) is 112 Å². The number of likely N-dealkylation sites (tertiary alicyclic amines) is 1. The number of benzene rings is 2. The number of amides is 1. The van der Waals surface area contributed by atoms with Gasteiger partial charge in [-0.15, -0.1) is 0 Å². The Balaban J connectivity index is 1.65. The number of phenols is 1. The average Bonchev–Trinajstić information content (AvgIpc) is 3.24. The van der Waals surface area contributed by atoms with Gasteiger partial charge < -0.3 is 24.8 Å². The molecular formula is C26H31FN4O5. The zero-order valence-corrected chi connectivity index (χ0v) is 20.7. The van der Waals surface area contributed by atoms with Gasteiger partial charge in [0.05, 0.1) is 18.1 Å². The fourth-order valence-corrected chi connectivity index (χ4v) is 4.31. The standard InChI is InChI=1S/C26H31FN4O5/c1-5-35-24(33)18-13-31(25(34)36-26(2,3)4)14-20(18)29-22-16-8-6-7-9-19(16)28-23(30-22)17-12-15(27)10-11-21(17)32/h6-12,18,20,22,29,32H,5,13-14H2,1-4H3,(H,28,30)/t18-,20-,22?/m1/s1. The highest BCUT2D eigenvalue weighted by Gasteiger charge is 2.43. The number of amidine groups is 1. The summed E-state index contributed by atoms with van der Waals surface area (Å²) in [5.41, 5.74) is 1.05. The average molecular weight is 499 g/mol. The smallest absolute Gasteiger partial charge is 0.410 e. The first kappa shape index (κ1) is 25.4. The highest BCUT2D eigenvalue weighted by atomic mass is 19.1. The van der Waals surface area contributed by atoms with E-state index in [0.717, 1.165) is 11.3 Å². The van der Waals surface area contributed by atoms with Gasteiger partial charge in [-0.3, -0.25) is 10.1 Å². The molecule has 192 valence electrons. The molecule has 2 aliphatic rings. The maximum atomic E-state index is 14.0. The van der Waals surface area contributed by atoms with Crippen molar-refractivity contribution in [2.45, 2.75) is 45.5 Å². The minimum absolute atomic E-state index is 0.123. The molecule has 0 spiro atoms. The number of hydrogen-bond acceptors (Lipinski definition) is 8. The third kappa shape index (κ3) is 5.59. The number of phenolic OH excluding ortho intramolecular Hbond substituents is 1. The fraction of sp³-hybridized carbons (Fsp3) is 0.423. The second-order valence-electron chi connectivity index (χ2n) is 9.77. The number of nitrogens with one attached hydrogen (secondary N) is 2. The van der Waals surface area contributed by atoms with Gasteiger partial charge in [0.1, 0.15) is 29.2 Å². The van der Waals surface area contributed by atoms with Crippen LogP contribution in [0.2, 0.25) is 0 Å². The van der Waals surface area contributed by atoms with E-state index in [1.165, 1.54) is 23.1 Å². The second kappa shape index (κ2) is 10.1. The van der Waals surface area contributed by atoms with Crippen molar-refractivity contribution in [1.29, 1.82) is 0 Å². The van der Waals surface area contributed by atoms with Gasteiger partial charge >= 0.3 is 12.1 Å². The number of hydrogen-bond donors (Lipinski definition) is 3. The number of aromatic hydroxyl groups is 1. The molecule has 4 rings (SSSR count). The number of aliphatic imine (C=N–C) groups is 1. The van der Waals surface area contributed by atoms with Crippen molar-refractivity contribution in [3.05, 3.63) is 59.4 Å². The van der Waals surface area contributed by atoms with Crippen LogP contribution in [0.15, 0.2) is 47.5 Å². The maximum absolute atomic E-state index is 14.0. The number of fused-ring (bicyclic) bond motifs is 1. The van der Waals surface area contributed by atoms with E-state index in [1.54, 1.807) is 27.7 Å². The Morgan fingerprint density at radius 3 is 2.69 bits per heavy atom. The normalized spacial score (nSPS) is 21.3. The summed E-state index contributed by atoms with van der Waals surface area (Å²) < 4.78 is 24.8. The highest BCUT2D eigenvalue weighted by molar-refractivity contribution is 6.11. The van der Waals surface area contributed by atoms with Crippen LogP contribution < -0.4 is 10.6 Å². The number of para-hydroxylation sites is 1. The van der Waals surface area contributed by atoms with Crippen molar-refractivity contribution in [3.8, 4) is 5.75 Å². The molecule has 2 aromatic carbocycles. The molecule has 3 N–H and O–H groups in total. The number of esters is 1. The maximum Gasteiger partial charge on any atom is 0.410 e. The molecule has 1 saturated heterocycles. The molecule has 2 aromatic rings. The molecule has 2 heterocycles. The van der Waals surface area contributed by atoms with Crippen LogP contribution in [0.3, 0.4) is 0 Å². The van der Waals surface area contributed by atoms with Crippen LogP contribution in [0.4, 0.5) is 14.9 Å². The molecular weight excluding hydrogens is 467 g/mol. The molecule has 0 aliphatic carbocycles. The van der Waals surface area contributed by atoms with E-state index in [1.807, 2.05) is 24.3 Å². The number of carbonyl (C=O) groups is 2. The van der Waals surface area contributed by atoms with E-state index < -0.39 is 41.6 Å². The molecule has 1 fully saturated rings. The number of carbonyl (C=O) groups excluding carboxylic acids is 2. The predicted octanol–water partition coefficient (Wildman–Crippen LogP) is 3.79. The van der Waals surface area contributed by atoms with Crippen molar-refractivity contribution in [3.63, 3.8) is 0 Å². The van der Waals surface area contributed by atoms with Crippen LogP contribution in [0, 0.1) is 11.7 Å². The summed E-state index contributed by atoms with van der Waals surface area (Å²) in [7, 11) is 0. The molecule has 0 aromatic heterocycles. The van der Waals surface area contributed by atoms with Gasteiger partial charge in [-0.25, -0.2) is 14.2 Å². The molecule has 2 aliphatic heterocycles. The molecule has 0 saturated carbocycles. The summed E-state index contributed by atoms with van der Waals surface area (Å²) in [4.78, 5) is 31.7. The van der Waals surface area contributed by atoms with E-state index in [2.05, 4.69) is 10.6 Å². The van der Waals surface area contributed by atoms with E-state index in [4.69, 9.17) is 14.5 Å². The Kier molecular flexibility index (Phi) is 7.16. The molecule has 3 atom stereocenters. The van der Waals surface area contributed by atoms with Crippen LogP contribution in [0.5, 0.6) is 5.75 Å². The lowest BCUT2D eigenvalue weighted by Gasteiger charge is -2.29. The Morgan fingerprint density at radius 1 is 1.22 bits per heavy atom. The van der Waals surface area contributed by atoms with Gasteiger partial charge in [-0.2, -0.15) is 0 Å². The molecule has 10 heteroatoms. The van der Waals surface area contributed by atoms with E-state index >= 15 is 0 Å². The molecule has 9 nitrogen and oxygen atoms in total. The molecule has 1 unspecified atom stereocenters. The van der Waals surface area contributed by atoms with Crippen LogP contribution in [-0.4, -0.2) is 59.2 Å². The van der Waals surface area contributed by atoms with Crippen LogP contribution >= 0.6 is 0 Å². The number of ether oxygens (including phenoxy) is 2. The Labute approximate surface area is 209 Å². The molecule has 36 heavy (non-hydrogen) atoms. The van der Waals surface area contributed by atoms with Gasteiger partial charge in [0.2, 0.25) is 0 Å². The lowest BCUT2D eigenvalue weighted by atomic mass is 10.0. The summed E-state index contributed by atoms with van der Waals surface area (Å²) in [5, 5.41) is 16.9. The summed E-state index contributed by atoms with van der Waals surface area (Å²) >= 11 is 0.